The predicted octanol–water partition coefficient (Wildman–Crippen LogP) is -0.403. The Labute approximate surface area is 208 Å². The van der Waals surface area contributed by atoms with Gasteiger partial charge in [-0.2, -0.15) is 0 Å². The number of hydrogen-bond donors (Lipinski definition) is 4. The van der Waals surface area contributed by atoms with Crippen LogP contribution < -0.4 is 11.1 Å². The van der Waals surface area contributed by atoms with Crippen molar-refractivity contribution in [3.05, 3.63) is 0 Å². The first-order valence-electron chi connectivity index (χ1n) is 12.3. The monoisotopic (exact) mass is 558 g/mol. The van der Waals surface area contributed by atoms with E-state index < -0.39 is 42.7 Å². The largest absolute Gasteiger partial charge is 0.493 e. The van der Waals surface area contributed by atoms with Crippen LogP contribution in [0.4, 0.5) is 0 Å². The fraction of sp³-hybridized carbons (Fsp3) is 1.00. The van der Waals surface area contributed by atoms with Crippen molar-refractivity contribution in [2.75, 3.05) is 52.1 Å². The van der Waals surface area contributed by atoms with Crippen molar-refractivity contribution >= 4 is 50.1 Å². The van der Waals surface area contributed by atoms with Gasteiger partial charge in [-0.05, 0) is 51.7 Å². The lowest BCUT2D eigenvalue weighted by atomic mass is 10.5. The molecule has 1 aliphatic rings. The molecule has 196 valence electrons. The third kappa shape index (κ3) is 14.8. The topological polar surface area (TPSA) is 128 Å². The zero-order valence-electron chi connectivity index (χ0n) is 23.0. The summed E-state index contributed by atoms with van der Waals surface area (Å²) in [6.45, 7) is 18.6. The van der Waals surface area contributed by atoms with Crippen molar-refractivity contribution in [1.82, 2.24) is 10.2 Å². The number of rotatable bonds is 17. The molecule has 0 spiro atoms. The lowest BCUT2D eigenvalue weighted by Crippen LogP contribution is -2.65. The Balaban J connectivity index is 3.01. The summed E-state index contributed by atoms with van der Waals surface area (Å²) in [6.07, 6.45) is 1.20. The maximum atomic E-state index is 11.7. The van der Waals surface area contributed by atoms with E-state index in [0.29, 0.717) is 32.0 Å². The molecule has 0 amide bonds. The first kappa shape index (κ1) is 30.0. The van der Waals surface area contributed by atoms with Crippen molar-refractivity contribution in [3.63, 3.8) is 0 Å². The third-order valence-corrected chi connectivity index (χ3v) is 21.1. The molecule has 0 saturated carbocycles. The van der Waals surface area contributed by atoms with Crippen molar-refractivity contribution in [3.8, 4) is 0 Å². The number of nitrogens with zero attached hydrogens (tertiary/aromatic N) is 1. The lowest BCUT2D eigenvalue weighted by Gasteiger charge is -2.43. The molecular formula is C17H48BN3O7Si5. The Morgan fingerprint density at radius 1 is 1.03 bits per heavy atom. The molecular weight excluding hydrogens is 509 g/mol. The zero-order chi connectivity index (χ0) is 26.1. The van der Waals surface area contributed by atoms with Gasteiger partial charge in [-0.3, -0.25) is 4.90 Å². The van der Waals surface area contributed by atoms with Gasteiger partial charge in [0.05, 0.1) is 19.4 Å². The SMILES string of the molecule is [2H]O[Si](C)(C)O[Si](C)(CCCNCCN)O[Si](C)(C)O[Si](O)(CN1CCOCC1)O[Si](B)(C)C. The fourth-order valence-electron chi connectivity index (χ4n) is 3.93. The average molecular weight is 559 g/mol. The van der Waals surface area contributed by atoms with Crippen molar-refractivity contribution in [2.45, 2.75) is 58.3 Å². The van der Waals surface area contributed by atoms with E-state index in [2.05, 4.69) is 30.7 Å². The van der Waals surface area contributed by atoms with Gasteiger partial charge in [0, 0.05) is 26.2 Å². The molecule has 1 fully saturated rings. The molecule has 0 radical (unpaired) electrons. The highest BCUT2D eigenvalue weighted by Gasteiger charge is 2.51. The summed E-state index contributed by atoms with van der Waals surface area (Å²) in [4.78, 5) is 18.8. The Kier molecular flexibility index (Phi) is 12.1. The highest BCUT2D eigenvalue weighted by Crippen LogP contribution is 2.28. The minimum Gasteiger partial charge on any atom is -0.423 e. The summed E-state index contributed by atoms with van der Waals surface area (Å²) in [6, 6.07) is 0.711. The van der Waals surface area contributed by atoms with E-state index in [1.165, 1.54) is 0 Å². The zero-order valence-corrected chi connectivity index (χ0v) is 27.0. The lowest BCUT2D eigenvalue weighted by molar-refractivity contribution is 0.0375. The van der Waals surface area contributed by atoms with Crippen LogP contribution in [-0.2, 0) is 21.2 Å². The molecule has 10 nitrogen and oxygen atoms in total. The van der Waals surface area contributed by atoms with Crippen LogP contribution >= 0.6 is 0 Å². The minimum absolute atomic E-state index is 0.360. The van der Waals surface area contributed by atoms with E-state index in [4.69, 9.17) is 33.2 Å². The third-order valence-electron chi connectivity index (χ3n) is 4.63. The standard InChI is InChI=1S/C17H48BN3O7Si5/c1-29(2,18)25-33(23,17-21-12-14-24-15-13-21)28-31(5,6)27-32(7,26-30(3,4)22)16-8-10-20-11-9-19/h20,22-23H,8-19H2,1-7H3/i22D. The van der Waals surface area contributed by atoms with Crippen molar-refractivity contribution < 1.29 is 30.8 Å². The maximum absolute atomic E-state index is 11.7. The summed E-state index contributed by atoms with van der Waals surface area (Å²) in [5.41, 5.74) is 5.57. The molecule has 0 bridgehead atoms. The number of nitrogens with two attached hydrogens (primary N) is 1. The van der Waals surface area contributed by atoms with Gasteiger partial charge >= 0.3 is 34.5 Å². The second-order valence-corrected chi connectivity index (χ2v) is 28.3. The van der Waals surface area contributed by atoms with E-state index in [1.807, 2.05) is 32.7 Å². The number of nitrogens with one attached hydrogen (secondary N) is 1. The highest BCUT2D eigenvalue weighted by atomic mass is 28.5. The molecule has 2 atom stereocenters. The molecule has 0 aromatic carbocycles. The fourth-order valence-corrected chi connectivity index (χ4v) is 23.8. The summed E-state index contributed by atoms with van der Waals surface area (Å²) in [5.74, 6) is 0. The van der Waals surface area contributed by atoms with E-state index >= 15 is 0 Å². The summed E-state index contributed by atoms with van der Waals surface area (Å²) in [5, 5.41) is 3.30. The van der Waals surface area contributed by atoms with Gasteiger partial charge in [-0.1, -0.05) is 13.1 Å². The Hall–Kier alpha value is 0.749. The molecule has 1 aliphatic heterocycles. The van der Waals surface area contributed by atoms with Crippen molar-refractivity contribution in [2.24, 2.45) is 5.73 Å². The molecule has 0 aliphatic carbocycles. The van der Waals surface area contributed by atoms with E-state index in [1.54, 1.807) is 0 Å². The van der Waals surface area contributed by atoms with Gasteiger partial charge in [0.25, 0.3) is 0 Å². The second-order valence-electron chi connectivity index (χ2n) is 10.7. The van der Waals surface area contributed by atoms with E-state index in [9.17, 15) is 4.80 Å². The van der Waals surface area contributed by atoms with Gasteiger partial charge in [-0.25, -0.2) is 0 Å². The van der Waals surface area contributed by atoms with Gasteiger partial charge in [0.2, 0.25) is 0 Å². The second kappa shape index (κ2) is 13.3. The van der Waals surface area contributed by atoms with Gasteiger partial charge in [0.1, 0.15) is 15.6 Å². The van der Waals surface area contributed by atoms with Crippen LogP contribution in [0.25, 0.3) is 0 Å². The molecule has 1 saturated heterocycles. The Morgan fingerprint density at radius 3 is 2.21 bits per heavy atom. The normalized spacial score (nSPS) is 20.8. The summed E-state index contributed by atoms with van der Waals surface area (Å²) >= 11 is 0. The van der Waals surface area contributed by atoms with Crippen LogP contribution in [0.15, 0.2) is 0 Å². The van der Waals surface area contributed by atoms with Gasteiger partial charge < -0.3 is 41.8 Å². The molecule has 33 heavy (non-hydrogen) atoms. The molecule has 0 aromatic rings. The number of morpholine rings is 1. The molecule has 5 N–H and O–H groups in total. The van der Waals surface area contributed by atoms with Crippen LogP contribution in [-0.4, -0.2) is 118 Å². The van der Waals surface area contributed by atoms with Gasteiger partial charge in [0.15, 0.2) is 1.43 Å². The molecule has 1 heterocycles. The molecule has 1 rings (SSSR count). The Bertz CT molecular complexity index is 608. The van der Waals surface area contributed by atoms with Crippen molar-refractivity contribution in [1.29, 1.82) is 1.43 Å². The molecule has 16 heteroatoms. The van der Waals surface area contributed by atoms with Crippen LogP contribution in [0.2, 0.25) is 51.9 Å². The quantitative estimate of drug-likeness (QED) is 0.138. The molecule has 2 unspecified atom stereocenters. The molecule has 0 aromatic heterocycles. The Morgan fingerprint density at radius 2 is 1.67 bits per heavy atom. The summed E-state index contributed by atoms with van der Waals surface area (Å²) < 4.78 is 38.8. The smallest absolute Gasteiger partial charge is 0.423 e. The van der Waals surface area contributed by atoms with E-state index in [0.717, 1.165) is 32.6 Å². The van der Waals surface area contributed by atoms with Crippen LogP contribution in [0.5, 0.6) is 0 Å². The first-order valence-corrected chi connectivity index (χ1v) is 25.4. The average Bonchev–Trinajstić information content (AvgIpc) is 2.65. The van der Waals surface area contributed by atoms with Gasteiger partial charge in [-0.15, -0.1) is 0 Å². The van der Waals surface area contributed by atoms with Crippen LogP contribution in [0.3, 0.4) is 0 Å². The van der Waals surface area contributed by atoms with E-state index in [-0.39, 0.29) is 0 Å². The van der Waals surface area contributed by atoms with Crippen LogP contribution in [0, 0.1) is 0 Å². The summed E-state index contributed by atoms with van der Waals surface area (Å²) in [7, 11) is -12.0. The van der Waals surface area contributed by atoms with Crippen LogP contribution in [0.1, 0.15) is 6.42 Å². The number of hydrogen-bond acceptors (Lipinski definition) is 10. The predicted molar refractivity (Wildman–Crippen MR) is 146 cm³/mol. The minimum atomic E-state index is -3.57. The first-order chi connectivity index (χ1) is 15.5. The number of ether oxygens (including phenoxy) is 1. The maximum Gasteiger partial charge on any atom is 0.493 e. The highest BCUT2D eigenvalue weighted by molar-refractivity contribution is 7.14.